The number of aldehydes is 1. The van der Waals surface area contributed by atoms with Crippen LogP contribution in [0.2, 0.25) is 0 Å². The molecule has 0 bridgehead atoms. The molecular weight excluding hydrogens is 298 g/mol. The lowest BCUT2D eigenvalue weighted by Crippen LogP contribution is -2.00. The molecule has 1 aromatic heterocycles. The smallest absolute Gasteiger partial charge is 0.280 e. The summed E-state index contributed by atoms with van der Waals surface area (Å²) >= 11 is 0. The molecule has 0 aliphatic rings. The fourth-order valence-corrected chi connectivity index (χ4v) is 2.24. The van der Waals surface area contributed by atoms with Gasteiger partial charge in [0.15, 0.2) is 6.29 Å². The van der Waals surface area contributed by atoms with Gasteiger partial charge < -0.3 is 9.30 Å². The average molecular weight is 317 g/mol. The van der Waals surface area contributed by atoms with Crippen LogP contribution in [0.4, 0.5) is 5.69 Å². The number of imidazole rings is 1. The Morgan fingerprint density at radius 3 is 2.78 bits per heavy atom. The minimum atomic E-state index is -0.576. The standard InChI is InChI=1S/C16H19N3O4/c20-12-14-11-15(5-6-16(14)19(21)22)23-10-4-2-1-3-8-18-9-7-17-13-18/h5-7,9,11-13H,1-4,8,10H2. The summed E-state index contributed by atoms with van der Waals surface area (Å²) in [5, 5.41) is 10.7. The SMILES string of the molecule is O=Cc1cc(OCCCCCCn2ccnc2)ccc1[N+](=O)[O-]. The van der Waals surface area contributed by atoms with Gasteiger partial charge in [-0.05, 0) is 25.0 Å². The van der Waals surface area contributed by atoms with Crippen LogP contribution in [-0.2, 0) is 6.54 Å². The van der Waals surface area contributed by atoms with Crippen molar-refractivity contribution in [1.29, 1.82) is 0 Å². The van der Waals surface area contributed by atoms with Gasteiger partial charge in [0.05, 0.1) is 23.4 Å². The molecule has 1 heterocycles. The molecule has 7 nitrogen and oxygen atoms in total. The van der Waals surface area contributed by atoms with Crippen molar-refractivity contribution in [2.75, 3.05) is 6.61 Å². The van der Waals surface area contributed by atoms with Gasteiger partial charge in [-0.1, -0.05) is 12.8 Å². The molecule has 122 valence electrons. The summed E-state index contributed by atoms with van der Waals surface area (Å²) in [4.78, 5) is 25.0. The zero-order valence-electron chi connectivity index (χ0n) is 12.8. The molecule has 0 atom stereocenters. The first kappa shape index (κ1) is 16.7. The van der Waals surface area contributed by atoms with Crippen molar-refractivity contribution in [2.45, 2.75) is 32.2 Å². The van der Waals surface area contributed by atoms with Crippen LogP contribution in [0.5, 0.6) is 5.75 Å². The predicted molar refractivity (Wildman–Crippen MR) is 84.7 cm³/mol. The highest BCUT2D eigenvalue weighted by Gasteiger charge is 2.13. The maximum Gasteiger partial charge on any atom is 0.280 e. The Hall–Kier alpha value is -2.70. The Balaban J connectivity index is 1.66. The number of aromatic nitrogens is 2. The number of benzene rings is 1. The molecule has 0 amide bonds. The highest BCUT2D eigenvalue weighted by atomic mass is 16.6. The van der Waals surface area contributed by atoms with Gasteiger partial charge in [-0.3, -0.25) is 14.9 Å². The van der Waals surface area contributed by atoms with E-state index >= 15 is 0 Å². The van der Waals surface area contributed by atoms with Crippen molar-refractivity contribution < 1.29 is 14.5 Å². The van der Waals surface area contributed by atoms with Crippen LogP contribution in [0.3, 0.4) is 0 Å². The minimum absolute atomic E-state index is 0.0350. The van der Waals surface area contributed by atoms with Crippen molar-refractivity contribution in [1.82, 2.24) is 9.55 Å². The molecule has 0 saturated carbocycles. The first-order valence-corrected chi connectivity index (χ1v) is 7.53. The molecular formula is C16H19N3O4. The van der Waals surface area contributed by atoms with E-state index in [2.05, 4.69) is 4.98 Å². The van der Waals surface area contributed by atoms with Crippen LogP contribution in [0.15, 0.2) is 36.9 Å². The summed E-state index contributed by atoms with van der Waals surface area (Å²) in [5.41, 5.74) is -0.167. The molecule has 0 spiro atoms. The predicted octanol–water partition coefficient (Wildman–Crippen LogP) is 3.24. The second-order valence-corrected chi connectivity index (χ2v) is 5.16. The van der Waals surface area contributed by atoms with Crippen molar-refractivity contribution in [2.24, 2.45) is 0 Å². The van der Waals surface area contributed by atoms with E-state index < -0.39 is 4.92 Å². The third-order valence-electron chi connectivity index (χ3n) is 3.46. The number of nitro benzene ring substituents is 1. The summed E-state index contributed by atoms with van der Waals surface area (Å²) in [5.74, 6) is 0.483. The van der Waals surface area contributed by atoms with Crippen LogP contribution in [0.25, 0.3) is 0 Å². The number of carbonyl (C=O) groups is 1. The normalized spacial score (nSPS) is 10.4. The number of unbranched alkanes of at least 4 members (excludes halogenated alkanes) is 3. The summed E-state index contributed by atoms with van der Waals surface area (Å²) in [7, 11) is 0. The number of nitro groups is 1. The molecule has 0 saturated heterocycles. The van der Waals surface area contributed by atoms with E-state index in [-0.39, 0.29) is 11.3 Å². The average Bonchev–Trinajstić information content (AvgIpc) is 3.07. The number of carbonyl (C=O) groups excluding carboxylic acids is 1. The summed E-state index contributed by atoms with van der Waals surface area (Å²) in [6, 6.07) is 4.22. The molecule has 0 aliphatic carbocycles. The monoisotopic (exact) mass is 317 g/mol. The third-order valence-corrected chi connectivity index (χ3v) is 3.46. The summed E-state index contributed by atoms with van der Waals surface area (Å²) in [6.45, 7) is 1.49. The van der Waals surface area contributed by atoms with Gasteiger partial charge in [0.25, 0.3) is 5.69 Å². The lowest BCUT2D eigenvalue weighted by Gasteiger charge is -2.07. The lowest BCUT2D eigenvalue weighted by atomic mass is 10.2. The summed E-state index contributed by atoms with van der Waals surface area (Å²) in [6.07, 6.45) is 10.1. The van der Waals surface area contributed by atoms with Gasteiger partial charge in [0.1, 0.15) is 5.75 Å². The van der Waals surface area contributed by atoms with Crippen molar-refractivity contribution in [3.05, 3.63) is 52.6 Å². The zero-order chi connectivity index (χ0) is 16.5. The Morgan fingerprint density at radius 2 is 2.09 bits per heavy atom. The molecule has 7 heteroatoms. The van der Waals surface area contributed by atoms with Gasteiger partial charge in [-0.2, -0.15) is 0 Å². The molecule has 0 unspecified atom stereocenters. The molecule has 1 aromatic carbocycles. The fourth-order valence-electron chi connectivity index (χ4n) is 2.24. The lowest BCUT2D eigenvalue weighted by molar-refractivity contribution is -0.385. The van der Waals surface area contributed by atoms with E-state index in [1.165, 1.54) is 18.2 Å². The zero-order valence-corrected chi connectivity index (χ0v) is 12.8. The van der Waals surface area contributed by atoms with Gasteiger partial charge in [-0.15, -0.1) is 0 Å². The molecule has 0 fully saturated rings. The minimum Gasteiger partial charge on any atom is -0.494 e. The number of hydrogen-bond donors (Lipinski definition) is 0. The molecule has 23 heavy (non-hydrogen) atoms. The number of rotatable bonds is 10. The van der Waals surface area contributed by atoms with Gasteiger partial charge in [-0.25, -0.2) is 4.98 Å². The second-order valence-electron chi connectivity index (χ2n) is 5.16. The highest BCUT2D eigenvalue weighted by Crippen LogP contribution is 2.22. The topological polar surface area (TPSA) is 87.3 Å². The molecule has 0 radical (unpaired) electrons. The molecule has 2 aromatic rings. The molecule has 0 aliphatic heterocycles. The van der Waals surface area contributed by atoms with Crippen molar-refractivity contribution >= 4 is 12.0 Å². The van der Waals surface area contributed by atoms with Crippen LogP contribution in [-0.4, -0.2) is 27.4 Å². The third kappa shape index (κ3) is 5.21. The van der Waals surface area contributed by atoms with Gasteiger partial charge in [0.2, 0.25) is 0 Å². The van der Waals surface area contributed by atoms with Crippen molar-refractivity contribution in [3.63, 3.8) is 0 Å². The van der Waals surface area contributed by atoms with Crippen LogP contribution in [0, 0.1) is 10.1 Å². The first-order valence-electron chi connectivity index (χ1n) is 7.53. The number of nitrogens with zero attached hydrogens (tertiary/aromatic N) is 3. The fraction of sp³-hybridized carbons (Fsp3) is 0.375. The van der Waals surface area contributed by atoms with Crippen molar-refractivity contribution in [3.8, 4) is 5.75 Å². The maximum absolute atomic E-state index is 10.9. The van der Waals surface area contributed by atoms with E-state index in [1.807, 2.05) is 17.1 Å². The Kier molecular flexibility index (Phi) is 6.28. The van der Waals surface area contributed by atoms with E-state index in [9.17, 15) is 14.9 Å². The van der Waals surface area contributed by atoms with Gasteiger partial charge >= 0.3 is 0 Å². The van der Waals surface area contributed by atoms with E-state index in [1.54, 1.807) is 6.20 Å². The first-order chi connectivity index (χ1) is 11.2. The number of hydrogen-bond acceptors (Lipinski definition) is 5. The van der Waals surface area contributed by atoms with E-state index in [0.717, 1.165) is 32.2 Å². The Morgan fingerprint density at radius 1 is 1.26 bits per heavy atom. The summed E-state index contributed by atoms with van der Waals surface area (Å²) < 4.78 is 7.59. The largest absolute Gasteiger partial charge is 0.494 e. The molecule has 0 N–H and O–H groups in total. The molecule has 2 rings (SSSR count). The van der Waals surface area contributed by atoms with Crippen LogP contribution in [0.1, 0.15) is 36.0 Å². The maximum atomic E-state index is 10.9. The van der Waals surface area contributed by atoms with E-state index in [0.29, 0.717) is 18.6 Å². The quantitative estimate of drug-likeness (QED) is 0.290. The Bertz CT molecular complexity index is 641. The van der Waals surface area contributed by atoms with Gasteiger partial charge in [0, 0.05) is 25.0 Å². The number of aryl methyl sites for hydroxylation is 1. The van der Waals surface area contributed by atoms with Crippen LogP contribution < -0.4 is 4.74 Å². The Labute approximate surface area is 134 Å². The second kappa shape index (κ2) is 8.67. The van der Waals surface area contributed by atoms with Crippen LogP contribution >= 0.6 is 0 Å². The number of ether oxygens (including phenoxy) is 1. The van der Waals surface area contributed by atoms with E-state index in [4.69, 9.17) is 4.74 Å². The highest BCUT2D eigenvalue weighted by molar-refractivity contribution is 5.82.